The molecule has 3 saturated carbocycles. The minimum absolute atomic E-state index is 0.0115. The first-order valence-electron chi connectivity index (χ1n) is 14.0. The lowest BCUT2D eigenvalue weighted by Gasteiger charge is -2.57. The number of allylic oxidation sites excluding steroid dienone is 1. The Kier molecular flexibility index (Phi) is 6.20. The molecule has 194 valence electrons. The lowest BCUT2D eigenvalue weighted by Crippen LogP contribution is -2.51. The van der Waals surface area contributed by atoms with Crippen molar-refractivity contribution >= 4 is 17.1 Å². The minimum atomic E-state index is -0.354. The zero-order valence-corrected chi connectivity index (χ0v) is 23.0. The quantitative estimate of drug-likeness (QED) is 0.439. The SMILES string of the molecule is CC(=O)[C@H]1C(C(C#N)c2nc(-c3ccccc3)cs2)C[C@H]2[C@@H]3CC=C4C[C@@H](O)CC[C@]4(C)[C@H]3CC[C@]12C. The molecular weight excluding hydrogens is 476 g/mol. The Hall–Kier alpha value is -2.29. The summed E-state index contributed by atoms with van der Waals surface area (Å²) in [6.45, 7) is 6.56. The Balaban J connectivity index is 1.34. The average molecular weight is 515 g/mol. The number of hydrogen-bond acceptors (Lipinski definition) is 5. The molecule has 1 heterocycles. The average Bonchev–Trinajstić information content (AvgIpc) is 3.48. The summed E-state index contributed by atoms with van der Waals surface area (Å²) in [5.41, 5.74) is 3.55. The number of fused-ring (bicyclic) bond motifs is 5. The van der Waals surface area contributed by atoms with E-state index in [9.17, 15) is 15.2 Å². The fourth-order valence-corrected chi connectivity index (χ4v) is 10.3. The normalized spacial score (nSPS) is 39.5. The van der Waals surface area contributed by atoms with Gasteiger partial charge in [-0.25, -0.2) is 4.98 Å². The number of carbonyl (C=O) groups excluding carboxylic acids is 1. The highest BCUT2D eigenvalue weighted by Gasteiger charge is 2.63. The van der Waals surface area contributed by atoms with Crippen molar-refractivity contribution in [1.29, 1.82) is 5.26 Å². The van der Waals surface area contributed by atoms with Crippen molar-refractivity contribution in [2.24, 2.45) is 40.4 Å². The van der Waals surface area contributed by atoms with Crippen LogP contribution in [0, 0.1) is 51.8 Å². The molecule has 37 heavy (non-hydrogen) atoms. The van der Waals surface area contributed by atoms with Gasteiger partial charge < -0.3 is 5.11 Å². The summed E-state index contributed by atoms with van der Waals surface area (Å²) in [4.78, 5) is 18.3. The molecular formula is C32H38N2O2S. The first-order chi connectivity index (χ1) is 17.8. The molecule has 2 unspecified atom stereocenters. The van der Waals surface area contributed by atoms with E-state index in [1.807, 2.05) is 18.2 Å². The first-order valence-corrected chi connectivity index (χ1v) is 14.9. The molecule has 9 atom stereocenters. The van der Waals surface area contributed by atoms with E-state index < -0.39 is 0 Å². The highest BCUT2D eigenvalue weighted by atomic mass is 32.1. The standard InChI is InChI=1S/C32H38N2O2S/c1-19(35)29-24(25(17-33)30-34-28(18-37-30)20-7-5-4-6-8-20)16-27-23-10-9-21-15-22(36)11-13-31(21,2)26(23)12-14-32(27,29)3/h4-9,18,22-27,29,36H,10-16H2,1-3H3/t22-,23+,24?,25?,26-,27-,29-,31-,32-/m0/s1. The van der Waals surface area contributed by atoms with Crippen LogP contribution in [0.1, 0.15) is 76.6 Å². The van der Waals surface area contributed by atoms with Gasteiger partial charge in [0, 0.05) is 16.9 Å². The number of benzene rings is 1. The number of ketones is 1. The zero-order valence-electron chi connectivity index (χ0n) is 22.2. The van der Waals surface area contributed by atoms with Gasteiger partial charge in [-0.2, -0.15) is 5.26 Å². The van der Waals surface area contributed by atoms with E-state index in [-0.39, 0.29) is 40.5 Å². The van der Waals surface area contributed by atoms with Crippen LogP contribution in [-0.4, -0.2) is 22.0 Å². The van der Waals surface area contributed by atoms with E-state index in [2.05, 4.69) is 43.5 Å². The van der Waals surface area contributed by atoms with Gasteiger partial charge >= 0.3 is 0 Å². The summed E-state index contributed by atoms with van der Waals surface area (Å²) in [6, 6.07) is 12.8. The summed E-state index contributed by atoms with van der Waals surface area (Å²) >= 11 is 1.57. The smallest absolute Gasteiger partial charge is 0.133 e. The fourth-order valence-electron chi connectivity index (χ4n) is 9.34. The molecule has 5 heteroatoms. The van der Waals surface area contributed by atoms with Crippen LogP contribution in [0.15, 0.2) is 47.4 Å². The number of thiazole rings is 1. The molecule has 4 nitrogen and oxygen atoms in total. The second-order valence-corrected chi connectivity index (χ2v) is 13.6. The number of carbonyl (C=O) groups is 1. The van der Waals surface area contributed by atoms with Crippen molar-refractivity contribution in [3.63, 3.8) is 0 Å². The molecule has 0 amide bonds. The van der Waals surface area contributed by atoms with Crippen molar-refractivity contribution in [3.05, 3.63) is 52.4 Å². The summed E-state index contributed by atoms with van der Waals surface area (Å²) in [5.74, 6) is 1.39. The number of nitrogens with zero attached hydrogens (tertiary/aromatic N) is 2. The molecule has 4 aliphatic rings. The van der Waals surface area contributed by atoms with E-state index in [1.54, 1.807) is 18.3 Å². The van der Waals surface area contributed by atoms with Crippen LogP contribution in [0.4, 0.5) is 0 Å². The predicted molar refractivity (Wildman–Crippen MR) is 147 cm³/mol. The number of aliphatic hydroxyl groups is 1. The van der Waals surface area contributed by atoms with Gasteiger partial charge in [-0.05, 0) is 86.4 Å². The maximum Gasteiger partial charge on any atom is 0.133 e. The molecule has 0 saturated heterocycles. The Labute approximate surface area is 224 Å². The maximum absolute atomic E-state index is 13.3. The zero-order chi connectivity index (χ0) is 25.9. The molecule has 1 N–H and O–H groups in total. The topological polar surface area (TPSA) is 74.0 Å². The Morgan fingerprint density at radius 1 is 1.19 bits per heavy atom. The lowest BCUT2D eigenvalue weighted by molar-refractivity contribution is -0.129. The molecule has 0 aliphatic heterocycles. The van der Waals surface area contributed by atoms with E-state index in [0.717, 1.165) is 61.2 Å². The lowest BCUT2D eigenvalue weighted by atomic mass is 9.47. The maximum atomic E-state index is 13.3. The predicted octanol–water partition coefficient (Wildman–Crippen LogP) is 7.17. The van der Waals surface area contributed by atoms with Crippen molar-refractivity contribution in [2.75, 3.05) is 0 Å². The highest BCUT2D eigenvalue weighted by molar-refractivity contribution is 7.10. The number of Topliss-reactive ketones (excluding diaryl/α,β-unsaturated/α-hetero) is 1. The third-order valence-corrected chi connectivity index (χ3v) is 12.0. The van der Waals surface area contributed by atoms with Gasteiger partial charge in [0.1, 0.15) is 16.7 Å². The van der Waals surface area contributed by atoms with Gasteiger partial charge in [0.15, 0.2) is 0 Å². The highest BCUT2D eigenvalue weighted by Crippen LogP contribution is 2.68. The van der Waals surface area contributed by atoms with Crippen molar-refractivity contribution in [1.82, 2.24) is 4.98 Å². The molecule has 0 radical (unpaired) electrons. The molecule has 4 aliphatic carbocycles. The second-order valence-electron chi connectivity index (χ2n) is 12.7. The molecule has 1 aromatic heterocycles. The van der Waals surface area contributed by atoms with Crippen LogP contribution < -0.4 is 0 Å². The number of aromatic nitrogens is 1. The third-order valence-electron chi connectivity index (χ3n) is 11.0. The monoisotopic (exact) mass is 514 g/mol. The number of nitriles is 1. The third kappa shape index (κ3) is 3.86. The largest absolute Gasteiger partial charge is 0.393 e. The van der Waals surface area contributed by atoms with Crippen LogP contribution in [0.2, 0.25) is 0 Å². The van der Waals surface area contributed by atoms with E-state index in [1.165, 1.54) is 5.57 Å². The number of hydrogen-bond donors (Lipinski definition) is 1. The molecule has 2 aromatic rings. The van der Waals surface area contributed by atoms with Crippen molar-refractivity contribution in [2.45, 2.75) is 77.7 Å². The summed E-state index contributed by atoms with van der Waals surface area (Å²) in [7, 11) is 0. The van der Waals surface area contributed by atoms with Gasteiger partial charge in [0.2, 0.25) is 0 Å². The summed E-state index contributed by atoms with van der Waals surface area (Å²) < 4.78 is 0. The molecule has 1 aromatic carbocycles. The van der Waals surface area contributed by atoms with Crippen LogP contribution in [-0.2, 0) is 4.79 Å². The summed E-state index contributed by atoms with van der Waals surface area (Å²) in [6.07, 6.45) is 9.20. The fraction of sp³-hybridized carbons (Fsp3) is 0.594. The van der Waals surface area contributed by atoms with Gasteiger partial charge in [-0.1, -0.05) is 55.8 Å². The van der Waals surface area contributed by atoms with Crippen LogP contribution in [0.3, 0.4) is 0 Å². The molecule has 0 bridgehead atoms. The van der Waals surface area contributed by atoms with Crippen LogP contribution in [0.25, 0.3) is 11.3 Å². The van der Waals surface area contributed by atoms with Gasteiger partial charge in [0.05, 0.1) is 17.9 Å². The van der Waals surface area contributed by atoms with Crippen molar-refractivity contribution in [3.8, 4) is 17.3 Å². The molecule has 3 fully saturated rings. The van der Waals surface area contributed by atoms with Crippen LogP contribution >= 0.6 is 11.3 Å². The summed E-state index contributed by atoms with van der Waals surface area (Å²) in [5, 5.41) is 23.7. The van der Waals surface area contributed by atoms with Gasteiger partial charge in [-0.15, -0.1) is 11.3 Å². The van der Waals surface area contributed by atoms with E-state index in [4.69, 9.17) is 4.98 Å². The van der Waals surface area contributed by atoms with E-state index >= 15 is 0 Å². The van der Waals surface area contributed by atoms with E-state index in [0.29, 0.717) is 17.8 Å². The van der Waals surface area contributed by atoms with Crippen LogP contribution in [0.5, 0.6) is 0 Å². The Morgan fingerprint density at radius 3 is 2.70 bits per heavy atom. The first kappa shape index (κ1) is 25.0. The number of rotatable bonds is 4. The Morgan fingerprint density at radius 2 is 1.97 bits per heavy atom. The number of aliphatic hydroxyl groups excluding tert-OH is 1. The molecule has 0 spiro atoms. The molecule has 6 rings (SSSR count). The minimum Gasteiger partial charge on any atom is -0.393 e. The second kappa shape index (κ2) is 9.17. The van der Waals surface area contributed by atoms with Gasteiger partial charge in [0.25, 0.3) is 0 Å². The van der Waals surface area contributed by atoms with Crippen molar-refractivity contribution < 1.29 is 9.90 Å². The van der Waals surface area contributed by atoms with Gasteiger partial charge in [-0.3, -0.25) is 4.79 Å². The Bertz CT molecular complexity index is 1260.